The molecule has 0 aliphatic rings. The Morgan fingerprint density at radius 1 is 0.968 bits per heavy atom. The Labute approximate surface area is 186 Å². The highest BCUT2D eigenvalue weighted by Gasteiger charge is 2.22. The minimum Gasteiger partial charge on any atom is -0.477 e. The van der Waals surface area contributed by atoms with E-state index in [9.17, 15) is 9.90 Å². The Kier molecular flexibility index (Phi) is 6.44. The molecular weight excluding hydrogens is 404 g/mol. The number of rotatable bonds is 8. The Hall–Kier alpha value is -3.02. The van der Waals surface area contributed by atoms with Crippen molar-refractivity contribution in [3.8, 4) is 0 Å². The summed E-state index contributed by atoms with van der Waals surface area (Å²) in [5.74, 6) is -0.897. The summed E-state index contributed by atoms with van der Waals surface area (Å²) < 4.78 is 1.93. The first-order chi connectivity index (χ1) is 15.1. The molecule has 0 bridgehead atoms. The summed E-state index contributed by atoms with van der Waals surface area (Å²) in [5.41, 5.74) is 5.52. The number of aromatic nitrogens is 1. The van der Waals surface area contributed by atoms with Gasteiger partial charge in [0.2, 0.25) is 0 Å². The smallest absolute Gasteiger partial charge is 0.352 e. The number of hydrogen-bond donors (Lipinski definition) is 2. The molecular formula is C26H26N2O2S. The molecule has 158 valence electrons. The van der Waals surface area contributed by atoms with Crippen LogP contribution >= 0.6 is 11.8 Å². The summed E-state index contributed by atoms with van der Waals surface area (Å²) >= 11 is 1.72. The highest BCUT2D eigenvalue weighted by Crippen LogP contribution is 2.29. The molecule has 0 amide bonds. The normalized spacial score (nSPS) is 11.2. The van der Waals surface area contributed by atoms with Gasteiger partial charge in [0.1, 0.15) is 5.69 Å². The number of carboxylic acids is 1. The lowest BCUT2D eigenvalue weighted by Crippen LogP contribution is -2.17. The molecule has 4 nitrogen and oxygen atoms in total. The maximum atomic E-state index is 12.3. The zero-order valence-corrected chi connectivity index (χ0v) is 18.6. The zero-order valence-electron chi connectivity index (χ0n) is 17.8. The van der Waals surface area contributed by atoms with Gasteiger partial charge in [-0.15, -0.1) is 11.8 Å². The minimum atomic E-state index is -0.897. The van der Waals surface area contributed by atoms with Gasteiger partial charge in [-0.25, -0.2) is 4.79 Å². The summed E-state index contributed by atoms with van der Waals surface area (Å²) in [5, 5.41) is 14.6. The molecule has 0 saturated carbocycles. The molecule has 0 aliphatic carbocycles. The maximum Gasteiger partial charge on any atom is 0.352 e. The standard InChI is InChI=1S/C26H26N2O2S/c1-18-8-13-22-23(16-27-15-19-9-11-21(31-2)12-10-19)25(26(29)30)28(24(22)14-18)17-20-6-4-3-5-7-20/h3-14,27H,15-17H2,1-2H3,(H,29,30). The van der Waals surface area contributed by atoms with Crippen LogP contribution in [0.5, 0.6) is 0 Å². The molecule has 0 radical (unpaired) electrons. The predicted octanol–water partition coefficient (Wildman–Crippen LogP) is 5.71. The van der Waals surface area contributed by atoms with Gasteiger partial charge in [-0.2, -0.15) is 0 Å². The summed E-state index contributed by atoms with van der Waals surface area (Å²) in [6, 6.07) is 24.6. The first-order valence-corrected chi connectivity index (χ1v) is 11.5. The SMILES string of the molecule is CSc1ccc(CNCc2c(C(=O)O)n(Cc3ccccc3)c3cc(C)ccc23)cc1. The third-order valence-corrected chi connectivity index (χ3v) is 6.24. The van der Waals surface area contributed by atoms with Crippen molar-refractivity contribution >= 4 is 28.6 Å². The number of aromatic carboxylic acids is 1. The Morgan fingerprint density at radius 3 is 2.39 bits per heavy atom. The zero-order chi connectivity index (χ0) is 21.8. The molecule has 1 aromatic heterocycles. The lowest BCUT2D eigenvalue weighted by molar-refractivity contribution is 0.0685. The minimum absolute atomic E-state index is 0.356. The monoisotopic (exact) mass is 430 g/mol. The summed E-state index contributed by atoms with van der Waals surface area (Å²) in [6.45, 7) is 3.74. The third-order valence-electron chi connectivity index (χ3n) is 5.50. The van der Waals surface area contributed by atoms with Crippen molar-refractivity contribution in [2.24, 2.45) is 0 Å². The van der Waals surface area contributed by atoms with Crippen LogP contribution in [0.15, 0.2) is 77.7 Å². The quantitative estimate of drug-likeness (QED) is 0.352. The number of carbonyl (C=O) groups is 1. The third kappa shape index (κ3) is 4.68. The van der Waals surface area contributed by atoms with Crippen LogP contribution < -0.4 is 5.32 Å². The molecule has 0 saturated heterocycles. The van der Waals surface area contributed by atoms with Crippen molar-refractivity contribution in [2.75, 3.05) is 6.26 Å². The van der Waals surface area contributed by atoms with Crippen LogP contribution in [0.3, 0.4) is 0 Å². The molecule has 0 spiro atoms. The molecule has 2 N–H and O–H groups in total. The molecule has 3 aromatic carbocycles. The predicted molar refractivity (Wildman–Crippen MR) is 128 cm³/mol. The molecule has 4 aromatic rings. The average molecular weight is 431 g/mol. The molecule has 5 heteroatoms. The highest BCUT2D eigenvalue weighted by molar-refractivity contribution is 7.98. The van der Waals surface area contributed by atoms with Crippen LogP contribution in [-0.4, -0.2) is 21.9 Å². The molecule has 1 heterocycles. The van der Waals surface area contributed by atoms with E-state index in [1.54, 1.807) is 11.8 Å². The largest absolute Gasteiger partial charge is 0.477 e. The lowest BCUT2D eigenvalue weighted by atomic mass is 10.1. The van der Waals surface area contributed by atoms with E-state index < -0.39 is 5.97 Å². The Bertz CT molecular complexity index is 1200. The number of fused-ring (bicyclic) bond motifs is 1. The number of nitrogens with zero attached hydrogens (tertiary/aromatic N) is 1. The van der Waals surface area contributed by atoms with Crippen molar-refractivity contribution < 1.29 is 9.90 Å². The van der Waals surface area contributed by atoms with E-state index in [-0.39, 0.29) is 0 Å². The fourth-order valence-corrected chi connectivity index (χ4v) is 4.37. The van der Waals surface area contributed by atoms with E-state index in [1.165, 1.54) is 10.5 Å². The number of carboxylic acid groups (broad SMARTS) is 1. The van der Waals surface area contributed by atoms with E-state index >= 15 is 0 Å². The van der Waals surface area contributed by atoms with Crippen molar-refractivity contribution in [1.29, 1.82) is 0 Å². The van der Waals surface area contributed by atoms with Gasteiger partial charge in [-0.05, 0) is 48.1 Å². The van der Waals surface area contributed by atoms with Crippen LogP contribution in [0.4, 0.5) is 0 Å². The molecule has 4 rings (SSSR count). The fourth-order valence-electron chi connectivity index (χ4n) is 3.96. The fraction of sp³-hybridized carbons (Fsp3) is 0.192. The van der Waals surface area contributed by atoms with Crippen molar-refractivity contribution in [2.45, 2.75) is 31.5 Å². The van der Waals surface area contributed by atoms with Gasteiger partial charge in [0.15, 0.2) is 0 Å². The molecule has 31 heavy (non-hydrogen) atoms. The van der Waals surface area contributed by atoms with E-state index in [0.717, 1.165) is 27.6 Å². The number of benzene rings is 3. The topological polar surface area (TPSA) is 54.3 Å². The van der Waals surface area contributed by atoms with Crippen molar-refractivity contribution in [1.82, 2.24) is 9.88 Å². The molecule has 0 aliphatic heterocycles. The van der Waals surface area contributed by atoms with Gasteiger partial charge in [0, 0.05) is 41.0 Å². The Balaban J connectivity index is 1.68. The second kappa shape index (κ2) is 9.41. The van der Waals surface area contributed by atoms with E-state index in [4.69, 9.17) is 0 Å². The summed E-state index contributed by atoms with van der Waals surface area (Å²) in [4.78, 5) is 13.6. The van der Waals surface area contributed by atoms with Crippen LogP contribution in [-0.2, 0) is 19.6 Å². The highest BCUT2D eigenvalue weighted by atomic mass is 32.2. The summed E-state index contributed by atoms with van der Waals surface area (Å²) in [7, 11) is 0. The van der Waals surface area contributed by atoms with Crippen molar-refractivity contribution in [3.05, 3.63) is 101 Å². The summed E-state index contributed by atoms with van der Waals surface area (Å²) in [6.07, 6.45) is 2.06. The maximum absolute atomic E-state index is 12.3. The van der Waals surface area contributed by atoms with Crippen LogP contribution in [0.25, 0.3) is 10.9 Å². The number of nitrogens with one attached hydrogen (secondary N) is 1. The van der Waals surface area contributed by atoms with E-state index in [1.807, 2.05) is 54.0 Å². The van der Waals surface area contributed by atoms with E-state index in [0.29, 0.717) is 25.3 Å². The first kappa shape index (κ1) is 21.2. The van der Waals surface area contributed by atoms with Gasteiger partial charge in [-0.1, -0.05) is 54.6 Å². The van der Waals surface area contributed by atoms with E-state index in [2.05, 4.69) is 41.9 Å². The molecule has 0 fully saturated rings. The van der Waals surface area contributed by atoms with Crippen LogP contribution in [0, 0.1) is 6.92 Å². The number of thioether (sulfide) groups is 1. The second-order valence-electron chi connectivity index (χ2n) is 7.68. The average Bonchev–Trinajstić information content (AvgIpc) is 3.07. The lowest BCUT2D eigenvalue weighted by Gasteiger charge is -2.10. The number of aryl methyl sites for hydroxylation is 1. The molecule has 0 atom stereocenters. The van der Waals surface area contributed by atoms with Gasteiger partial charge < -0.3 is 15.0 Å². The Morgan fingerprint density at radius 2 is 1.71 bits per heavy atom. The van der Waals surface area contributed by atoms with Gasteiger partial charge in [0.05, 0.1) is 0 Å². The first-order valence-electron chi connectivity index (χ1n) is 10.3. The molecule has 0 unspecified atom stereocenters. The number of hydrogen-bond acceptors (Lipinski definition) is 3. The van der Waals surface area contributed by atoms with Gasteiger partial charge in [0.25, 0.3) is 0 Å². The van der Waals surface area contributed by atoms with Gasteiger partial charge >= 0.3 is 5.97 Å². The van der Waals surface area contributed by atoms with Crippen LogP contribution in [0.2, 0.25) is 0 Å². The van der Waals surface area contributed by atoms with Crippen LogP contribution in [0.1, 0.15) is 32.7 Å². The second-order valence-corrected chi connectivity index (χ2v) is 8.56. The van der Waals surface area contributed by atoms with Crippen molar-refractivity contribution in [3.63, 3.8) is 0 Å². The van der Waals surface area contributed by atoms with Gasteiger partial charge in [-0.3, -0.25) is 0 Å².